The van der Waals surface area contributed by atoms with E-state index in [4.69, 9.17) is 20.6 Å². The van der Waals surface area contributed by atoms with E-state index in [1.54, 1.807) is 0 Å². The summed E-state index contributed by atoms with van der Waals surface area (Å²) in [5.41, 5.74) is 0. The van der Waals surface area contributed by atoms with Crippen LogP contribution >= 0.6 is 0 Å². The highest BCUT2D eigenvalue weighted by molar-refractivity contribution is 7.63. The smallest absolute Gasteiger partial charge is 0.199 e. The summed E-state index contributed by atoms with van der Waals surface area (Å²) in [6.45, 7) is 47.5. The first-order valence-electron chi connectivity index (χ1n) is 13.3. The van der Waals surface area contributed by atoms with Gasteiger partial charge in [0.15, 0.2) is 80.8 Å². The molecule has 212 valence electrons. The van der Waals surface area contributed by atoms with E-state index in [1.807, 2.05) is 0 Å². The van der Waals surface area contributed by atoms with Crippen LogP contribution in [-0.4, -0.2) is 80.8 Å². The molecule has 0 saturated heterocycles. The molecule has 0 aliphatic carbocycles. The predicted molar refractivity (Wildman–Crippen MR) is 183 cm³/mol. The van der Waals surface area contributed by atoms with E-state index in [9.17, 15) is 0 Å². The Morgan fingerprint density at radius 3 is 0.543 bits per heavy atom. The van der Waals surface area contributed by atoms with Crippen LogP contribution in [0.1, 0.15) is 0 Å². The van der Waals surface area contributed by atoms with Crippen LogP contribution in [0.25, 0.3) is 0 Å². The molecule has 0 fully saturated rings. The van der Waals surface area contributed by atoms with E-state index in [1.165, 1.54) is 0 Å². The van der Waals surface area contributed by atoms with Crippen molar-refractivity contribution in [1.29, 1.82) is 0 Å². The monoisotopic (exact) mass is 662 g/mol. The number of rotatable bonds is 14. The lowest BCUT2D eigenvalue weighted by Crippen LogP contribution is -2.77. The average molecular weight is 664 g/mol. The summed E-state index contributed by atoms with van der Waals surface area (Å²) in [6, 6.07) is 0. The Hall–Kier alpha value is 1.97. The molecule has 0 aromatic rings. The molecule has 0 N–H and O–H groups in total. The van der Waals surface area contributed by atoms with E-state index in [0.29, 0.717) is 0 Å². The van der Waals surface area contributed by atoms with Crippen molar-refractivity contribution in [2.75, 3.05) is 0 Å². The highest BCUT2D eigenvalue weighted by Gasteiger charge is 2.59. The largest absolute Gasteiger partial charge is 0.461 e. The van der Waals surface area contributed by atoms with Gasteiger partial charge in [0.1, 0.15) is 0 Å². The van der Waals surface area contributed by atoms with Crippen molar-refractivity contribution in [2.24, 2.45) is 0 Å². The molecule has 0 rings (SSSR count). The van der Waals surface area contributed by atoms with Crippen molar-refractivity contribution in [3.63, 3.8) is 0 Å². The van der Waals surface area contributed by atoms with Crippen molar-refractivity contribution in [2.45, 2.75) is 131 Å². The van der Waals surface area contributed by atoms with Crippen LogP contribution in [0.5, 0.6) is 0 Å². The Bertz CT molecular complexity index is 574. The van der Waals surface area contributed by atoms with Gasteiger partial charge in [0.05, 0.1) is 0 Å². The van der Waals surface area contributed by atoms with E-state index in [2.05, 4.69) is 131 Å². The predicted octanol–water partition coefficient (Wildman–Crippen LogP) is 6.99. The summed E-state index contributed by atoms with van der Waals surface area (Å²) in [4.78, 5) is 0. The van der Waals surface area contributed by atoms with Gasteiger partial charge in [0.2, 0.25) is 0 Å². The number of hydrogen-bond acceptors (Lipinski definition) is 5. The zero-order chi connectivity index (χ0) is 28.7. The highest BCUT2D eigenvalue weighted by atomic mass is 29.7. The van der Waals surface area contributed by atoms with E-state index in [-0.39, 0.29) is 0 Å². The van der Waals surface area contributed by atoms with E-state index >= 15 is 0 Å². The minimum absolute atomic E-state index is 1.73. The molecule has 0 aliphatic heterocycles. The summed E-state index contributed by atoms with van der Waals surface area (Å²) in [5.74, 6) is 0. The van der Waals surface area contributed by atoms with Gasteiger partial charge in [-0.1, -0.05) is 0 Å². The molecule has 0 heterocycles. The quantitative estimate of drug-likeness (QED) is 0.188. The Morgan fingerprint density at radius 1 is 0.286 bits per heavy atom. The van der Waals surface area contributed by atoms with Crippen LogP contribution in [0, 0.1) is 0 Å². The van der Waals surface area contributed by atoms with Gasteiger partial charge in [-0.05, 0) is 131 Å². The lowest BCUT2D eigenvalue weighted by Gasteiger charge is -2.51. The minimum atomic E-state index is -2.11. The molecule has 0 amide bonds. The Kier molecular flexibility index (Phi) is 12.5. The maximum atomic E-state index is 7.81. The summed E-state index contributed by atoms with van der Waals surface area (Å²) in [5, 5.41) is 0. The summed E-state index contributed by atoms with van der Waals surface area (Å²) in [6.07, 6.45) is 0. The molecule has 15 heteroatoms. The van der Waals surface area contributed by atoms with E-state index in [0.717, 1.165) is 0 Å². The molecule has 0 aliphatic rings. The van der Waals surface area contributed by atoms with Crippen molar-refractivity contribution in [1.82, 2.24) is 0 Å². The van der Waals surface area contributed by atoms with Gasteiger partial charge >= 0.3 is 0 Å². The Morgan fingerprint density at radius 2 is 0.429 bits per heavy atom. The molecular weight excluding hydrogens is 601 g/mol. The number of hydrogen-bond donors (Lipinski definition) is 0. The first-order chi connectivity index (χ1) is 14.8. The van der Waals surface area contributed by atoms with Crippen molar-refractivity contribution >= 4 is 80.8 Å². The van der Waals surface area contributed by atoms with Crippen LogP contribution in [0.3, 0.4) is 0 Å². The SMILES string of the molecule is C[Si](C)(C)O[Si](C)(C)[SiH](O[SiH]([Si](C)(C)O[Si](C)(C)C)[Si](C)(C)O[Si](C)(C)C)[Si](C)(C)O[Si](C)(C)C. The van der Waals surface area contributed by atoms with Gasteiger partial charge in [-0.2, -0.15) is 0 Å². The van der Waals surface area contributed by atoms with Gasteiger partial charge in [-0.15, -0.1) is 0 Å². The first-order valence-corrected chi connectivity index (χ1v) is 46.7. The molecule has 5 nitrogen and oxygen atoms in total. The van der Waals surface area contributed by atoms with Gasteiger partial charge in [-0.25, -0.2) is 0 Å². The fourth-order valence-corrected chi connectivity index (χ4v) is 127. The van der Waals surface area contributed by atoms with Crippen LogP contribution < -0.4 is 0 Å². The molecule has 0 bridgehead atoms. The normalized spacial score (nSPS) is 15.9. The second-order valence-corrected chi connectivity index (χ2v) is 78.2. The molecule has 0 aromatic carbocycles. The summed E-state index contributed by atoms with van der Waals surface area (Å²) >= 11 is 0. The van der Waals surface area contributed by atoms with Gasteiger partial charge in [0, 0.05) is 0 Å². The third-order valence-corrected chi connectivity index (χ3v) is 79.8. The van der Waals surface area contributed by atoms with Crippen LogP contribution in [0.4, 0.5) is 0 Å². The van der Waals surface area contributed by atoms with Crippen LogP contribution in [-0.2, 0) is 20.6 Å². The van der Waals surface area contributed by atoms with Gasteiger partial charge < -0.3 is 20.6 Å². The van der Waals surface area contributed by atoms with Crippen molar-refractivity contribution < 1.29 is 20.6 Å². The van der Waals surface area contributed by atoms with Crippen molar-refractivity contribution in [3.05, 3.63) is 0 Å². The second kappa shape index (κ2) is 11.8. The maximum Gasteiger partial charge on any atom is 0.199 e. The van der Waals surface area contributed by atoms with E-state index < -0.39 is 80.8 Å². The topological polar surface area (TPSA) is 46.2 Å². The fourth-order valence-electron chi connectivity index (χ4n) is 5.84. The van der Waals surface area contributed by atoms with Gasteiger partial charge in [-0.3, -0.25) is 0 Å². The average Bonchev–Trinajstić information content (AvgIpc) is 2.33. The van der Waals surface area contributed by atoms with Crippen LogP contribution in [0.15, 0.2) is 0 Å². The molecular formula is C20H62O5Si10. The summed E-state index contributed by atoms with van der Waals surface area (Å²) < 4.78 is 36.2. The summed E-state index contributed by atoms with van der Waals surface area (Å²) in [7, 11) is -19.0. The third kappa shape index (κ3) is 14.2. The Balaban J connectivity index is 6.89. The lowest BCUT2D eigenvalue weighted by molar-refractivity contribution is 0.514. The zero-order valence-corrected chi connectivity index (χ0v) is 37.5. The zero-order valence-electron chi connectivity index (χ0n) is 27.2. The molecule has 0 atom stereocenters. The minimum Gasteiger partial charge on any atom is -0.461 e. The third-order valence-electron chi connectivity index (χ3n) is 5.07. The Labute approximate surface area is 231 Å². The van der Waals surface area contributed by atoms with Crippen LogP contribution in [0.2, 0.25) is 131 Å². The standard InChI is InChI=1S/C20H62O5Si10/c1-28(2,3)22-32(13,14)26(33(15,16)23-29(4,5)6)21-27(34(17,18)24-30(7,8)9)35(19,20)25-31(10,11)12/h26-27H,1-20H3. The molecule has 0 saturated carbocycles. The maximum absolute atomic E-state index is 7.81. The first kappa shape index (κ1) is 37.0. The lowest BCUT2D eigenvalue weighted by atomic mass is 11.8. The molecule has 0 unspecified atom stereocenters. The highest BCUT2D eigenvalue weighted by Crippen LogP contribution is 2.33. The fraction of sp³-hybridized carbons (Fsp3) is 1.00. The van der Waals surface area contributed by atoms with Crippen molar-refractivity contribution in [3.8, 4) is 0 Å². The molecule has 0 aromatic heterocycles. The van der Waals surface area contributed by atoms with Gasteiger partial charge in [0.25, 0.3) is 0 Å². The molecule has 0 radical (unpaired) electrons. The second-order valence-electron chi connectivity index (χ2n) is 16.2. The molecule has 35 heavy (non-hydrogen) atoms. The molecule has 0 spiro atoms.